The van der Waals surface area contributed by atoms with E-state index in [2.05, 4.69) is 20.3 Å². The molecule has 0 aromatic carbocycles. The van der Waals surface area contributed by atoms with Crippen molar-refractivity contribution in [2.24, 2.45) is 5.92 Å². The van der Waals surface area contributed by atoms with Crippen LogP contribution >= 0.6 is 11.3 Å². The van der Waals surface area contributed by atoms with Gasteiger partial charge in [0, 0.05) is 30.6 Å². The molecule has 3 aromatic heterocycles. The highest BCUT2D eigenvalue weighted by molar-refractivity contribution is 7.11. The maximum absolute atomic E-state index is 13.0. The first kappa shape index (κ1) is 17.0. The van der Waals surface area contributed by atoms with Crippen molar-refractivity contribution in [1.82, 2.24) is 24.8 Å². The number of alkyl halides is 3. The number of rotatable bonds is 4. The van der Waals surface area contributed by atoms with Gasteiger partial charge in [0.1, 0.15) is 5.82 Å². The van der Waals surface area contributed by atoms with Crippen molar-refractivity contribution in [3.05, 3.63) is 29.5 Å². The van der Waals surface area contributed by atoms with Gasteiger partial charge >= 0.3 is 6.18 Å². The van der Waals surface area contributed by atoms with Gasteiger partial charge in [-0.2, -0.15) is 17.7 Å². The maximum Gasteiger partial charge on any atom is 0.453 e. The molecule has 3 aromatic rings. The highest BCUT2D eigenvalue weighted by Gasteiger charge is 2.38. The summed E-state index contributed by atoms with van der Waals surface area (Å²) in [5.41, 5.74) is 0.0711. The molecule has 7 nitrogen and oxygen atoms in total. The van der Waals surface area contributed by atoms with Crippen LogP contribution < -0.4 is 9.64 Å². The molecule has 0 N–H and O–H groups in total. The summed E-state index contributed by atoms with van der Waals surface area (Å²) >= 11 is 1.43. The molecule has 4 rings (SSSR count). The van der Waals surface area contributed by atoms with Crippen molar-refractivity contribution in [2.45, 2.75) is 19.0 Å². The first-order valence-corrected chi connectivity index (χ1v) is 8.95. The molecule has 0 spiro atoms. The smallest absolute Gasteiger partial charge is 0.453 e. The Kier molecular flexibility index (Phi) is 4.39. The van der Waals surface area contributed by atoms with Gasteiger partial charge in [-0.3, -0.25) is 0 Å². The zero-order chi connectivity index (χ0) is 18.1. The van der Waals surface area contributed by atoms with E-state index in [9.17, 15) is 13.2 Å². The Morgan fingerprint density at radius 3 is 2.92 bits per heavy atom. The number of piperidine rings is 1. The standard InChI is InChI=1S/C15H15F3N6OS/c16-15(17,18)13-21-20-11-3-4-12(22-24(11)13)23-6-1-2-10(8-23)9-25-14-19-5-7-26-14/h3-5,7,10H,1-2,6,8-9H2. The van der Waals surface area contributed by atoms with Crippen LogP contribution in [0.1, 0.15) is 18.7 Å². The molecule has 1 saturated heterocycles. The van der Waals surface area contributed by atoms with Crippen LogP contribution in [-0.2, 0) is 6.18 Å². The molecule has 26 heavy (non-hydrogen) atoms. The van der Waals surface area contributed by atoms with Crippen molar-refractivity contribution in [2.75, 3.05) is 24.6 Å². The Hall–Kier alpha value is -2.43. The van der Waals surface area contributed by atoms with Crippen LogP contribution in [0.2, 0.25) is 0 Å². The molecular formula is C15H15F3N6OS. The molecule has 1 aliphatic rings. The third-order valence-corrected chi connectivity index (χ3v) is 4.88. The van der Waals surface area contributed by atoms with E-state index in [1.54, 1.807) is 12.3 Å². The third-order valence-electron chi connectivity index (χ3n) is 4.20. The van der Waals surface area contributed by atoms with E-state index in [0.29, 0.717) is 24.2 Å². The van der Waals surface area contributed by atoms with Gasteiger partial charge in [-0.25, -0.2) is 4.98 Å². The molecule has 1 atom stereocenters. The number of hydrogen-bond donors (Lipinski definition) is 0. The topological polar surface area (TPSA) is 68.4 Å². The van der Waals surface area contributed by atoms with E-state index in [-0.39, 0.29) is 11.6 Å². The molecule has 11 heteroatoms. The summed E-state index contributed by atoms with van der Waals surface area (Å²) in [6, 6.07) is 3.18. The van der Waals surface area contributed by atoms with Gasteiger partial charge in [-0.05, 0) is 25.0 Å². The number of halogens is 3. The fraction of sp³-hybridized carbons (Fsp3) is 0.467. The Bertz CT molecular complexity index is 881. The molecule has 1 aliphatic heterocycles. The van der Waals surface area contributed by atoms with Gasteiger partial charge in [0.15, 0.2) is 5.65 Å². The van der Waals surface area contributed by atoms with Crippen LogP contribution in [0.5, 0.6) is 5.19 Å². The average Bonchev–Trinajstić information content (AvgIpc) is 3.28. The first-order chi connectivity index (χ1) is 12.5. The quantitative estimate of drug-likeness (QED) is 0.689. The molecule has 138 valence electrons. The van der Waals surface area contributed by atoms with Crippen molar-refractivity contribution >= 4 is 22.8 Å². The van der Waals surface area contributed by atoms with Crippen LogP contribution in [0, 0.1) is 5.92 Å². The van der Waals surface area contributed by atoms with Gasteiger partial charge < -0.3 is 9.64 Å². The Balaban J connectivity index is 1.51. The molecule has 1 fully saturated rings. The second-order valence-corrected chi connectivity index (χ2v) is 6.90. The number of hydrogen-bond acceptors (Lipinski definition) is 7. The van der Waals surface area contributed by atoms with Crippen molar-refractivity contribution in [3.63, 3.8) is 0 Å². The summed E-state index contributed by atoms with van der Waals surface area (Å²) < 4.78 is 45.5. The maximum atomic E-state index is 13.0. The summed E-state index contributed by atoms with van der Waals surface area (Å²) in [5.74, 6) is -0.384. The highest BCUT2D eigenvalue weighted by Crippen LogP contribution is 2.29. The molecule has 0 radical (unpaired) electrons. The van der Waals surface area contributed by atoms with E-state index < -0.39 is 12.0 Å². The number of aromatic nitrogens is 5. The molecule has 0 bridgehead atoms. The molecular weight excluding hydrogens is 369 g/mol. The van der Waals surface area contributed by atoms with E-state index in [1.807, 2.05) is 10.3 Å². The summed E-state index contributed by atoms with van der Waals surface area (Å²) in [7, 11) is 0. The summed E-state index contributed by atoms with van der Waals surface area (Å²) in [5, 5.41) is 13.3. The molecule has 1 unspecified atom stereocenters. The normalized spacial score (nSPS) is 18.4. The second-order valence-electron chi connectivity index (χ2n) is 6.05. The fourth-order valence-corrected chi connectivity index (χ4v) is 3.50. The fourth-order valence-electron chi connectivity index (χ4n) is 3.00. The number of nitrogens with zero attached hydrogens (tertiary/aromatic N) is 6. The van der Waals surface area contributed by atoms with Gasteiger partial charge in [0.05, 0.1) is 6.61 Å². The predicted molar refractivity (Wildman–Crippen MR) is 88.3 cm³/mol. The van der Waals surface area contributed by atoms with Crippen LogP contribution in [0.3, 0.4) is 0 Å². The van der Waals surface area contributed by atoms with Crippen molar-refractivity contribution < 1.29 is 17.9 Å². The lowest BCUT2D eigenvalue weighted by Gasteiger charge is -2.33. The lowest BCUT2D eigenvalue weighted by Crippen LogP contribution is -2.38. The Labute approximate surface area is 150 Å². The molecule has 0 amide bonds. The number of fused-ring (bicyclic) bond motifs is 1. The van der Waals surface area contributed by atoms with E-state index >= 15 is 0 Å². The highest BCUT2D eigenvalue weighted by atomic mass is 32.1. The number of thiazole rings is 1. The third kappa shape index (κ3) is 3.43. The van der Waals surface area contributed by atoms with Gasteiger partial charge in [-0.15, -0.1) is 15.3 Å². The van der Waals surface area contributed by atoms with Crippen LogP contribution in [-0.4, -0.2) is 44.5 Å². The molecule has 0 aliphatic carbocycles. The molecule has 4 heterocycles. The van der Waals surface area contributed by atoms with E-state index in [1.165, 1.54) is 17.4 Å². The minimum atomic E-state index is -4.60. The predicted octanol–water partition coefficient (Wildman–Crippen LogP) is 2.90. The lowest BCUT2D eigenvalue weighted by atomic mass is 9.99. The van der Waals surface area contributed by atoms with E-state index in [4.69, 9.17) is 4.74 Å². The largest absolute Gasteiger partial charge is 0.470 e. The van der Waals surface area contributed by atoms with Gasteiger partial charge in [0.25, 0.3) is 11.0 Å². The van der Waals surface area contributed by atoms with E-state index in [0.717, 1.165) is 23.9 Å². The zero-order valence-electron chi connectivity index (χ0n) is 13.6. The summed E-state index contributed by atoms with van der Waals surface area (Å²) in [6.45, 7) is 1.91. The average molecular weight is 384 g/mol. The summed E-state index contributed by atoms with van der Waals surface area (Å²) in [4.78, 5) is 6.06. The van der Waals surface area contributed by atoms with Crippen LogP contribution in [0.25, 0.3) is 5.65 Å². The first-order valence-electron chi connectivity index (χ1n) is 8.07. The second kappa shape index (κ2) is 6.71. The SMILES string of the molecule is FC(F)(F)c1nnc2ccc(N3CCCC(COc4nccs4)C3)nn12. The van der Waals surface area contributed by atoms with Gasteiger partial charge in [-0.1, -0.05) is 11.3 Å². The Morgan fingerprint density at radius 1 is 1.27 bits per heavy atom. The molecule has 0 saturated carbocycles. The number of ether oxygens (including phenoxy) is 1. The van der Waals surface area contributed by atoms with Gasteiger partial charge in [0.2, 0.25) is 0 Å². The minimum absolute atomic E-state index is 0.0711. The lowest BCUT2D eigenvalue weighted by molar-refractivity contribution is -0.146. The van der Waals surface area contributed by atoms with Crippen molar-refractivity contribution in [1.29, 1.82) is 0 Å². The van der Waals surface area contributed by atoms with Crippen LogP contribution in [0.15, 0.2) is 23.7 Å². The van der Waals surface area contributed by atoms with Crippen molar-refractivity contribution in [3.8, 4) is 5.19 Å². The minimum Gasteiger partial charge on any atom is -0.470 e. The monoisotopic (exact) mass is 384 g/mol. The zero-order valence-corrected chi connectivity index (χ0v) is 14.4. The van der Waals surface area contributed by atoms with Crippen LogP contribution in [0.4, 0.5) is 19.0 Å². The summed E-state index contributed by atoms with van der Waals surface area (Å²) in [6.07, 6.45) is -1.01. The Morgan fingerprint density at radius 2 is 2.15 bits per heavy atom. The number of anilines is 1.